The lowest BCUT2D eigenvalue weighted by Crippen LogP contribution is -2.07. The van der Waals surface area contributed by atoms with Crippen LogP contribution in [0.25, 0.3) is 0 Å². The standard InChI is InChI=1S/C17H8F5N3O/c18-14-5-11(17(20,21)22)6-15(19)16(14)26-13-3-1-12(2-4-13)25-9-10(7-23)8-24/h1-6,9,25H. The lowest BCUT2D eigenvalue weighted by Gasteiger charge is -2.12. The summed E-state index contributed by atoms with van der Waals surface area (Å²) in [5, 5.41) is 19.8. The van der Waals surface area contributed by atoms with E-state index >= 15 is 0 Å². The zero-order valence-electron chi connectivity index (χ0n) is 12.7. The Morgan fingerprint density at radius 2 is 1.54 bits per heavy atom. The SMILES string of the molecule is N#CC(C#N)=CNc1ccc(Oc2c(F)cc(C(F)(F)F)cc2F)cc1. The van der Waals surface area contributed by atoms with E-state index in [1.165, 1.54) is 24.3 Å². The minimum absolute atomic E-state index is 0.0297. The van der Waals surface area contributed by atoms with Crippen LogP contribution in [0.1, 0.15) is 5.56 Å². The molecule has 2 aromatic rings. The first-order valence-corrected chi connectivity index (χ1v) is 6.85. The van der Waals surface area contributed by atoms with Gasteiger partial charge in [-0.25, -0.2) is 8.78 Å². The molecule has 4 nitrogen and oxygen atoms in total. The van der Waals surface area contributed by atoms with E-state index in [9.17, 15) is 22.0 Å². The largest absolute Gasteiger partial charge is 0.451 e. The van der Waals surface area contributed by atoms with Crippen LogP contribution in [0.2, 0.25) is 0 Å². The molecule has 0 aliphatic rings. The molecule has 1 N–H and O–H groups in total. The van der Waals surface area contributed by atoms with E-state index in [0.29, 0.717) is 5.69 Å². The maximum atomic E-state index is 13.7. The molecular weight excluding hydrogens is 357 g/mol. The lowest BCUT2D eigenvalue weighted by molar-refractivity contribution is -0.138. The molecule has 9 heteroatoms. The molecule has 0 unspecified atom stereocenters. The van der Waals surface area contributed by atoms with Gasteiger partial charge < -0.3 is 10.1 Å². The summed E-state index contributed by atoms with van der Waals surface area (Å²) in [5.41, 5.74) is -1.19. The van der Waals surface area contributed by atoms with Crippen LogP contribution < -0.4 is 10.1 Å². The van der Waals surface area contributed by atoms with E-state index < -0.39 is 29.1 Å². The summed E-state index contributed by atoms with van der Waals surface area (Å²) in [7, 11) is 0. The normalized spacial score (nSPS) is 10.4. The Balaban J connectivity index is 2.19. The summed E-state index contributed by atoms with van der Waals surface area (Å²) in [4.78, 5) is 0. The van der Waals surface area contributed by atoms with Crippen molar-refractivity contribution in [2.45, 2.75) is 6.18 Å². The summed E-state index contributed by atoms with van der Waals surface area (Å²) in [5.74, 6) is -3.97. The number of halogens is 5. The van der Waals surface area contributed by atoms with Crippen LogP contribution in [0, 0.1) is 34.3 Å². The highest BCUT2D eigenvalue weighted by atomic mass is 19.4. The molecule has 0 saturated carbocycles. The third-order valence-corrected chi connectivity index (χ3v) is 3.02. The van der Waals surface area contributed by atoms with E-state index in [-0.39, 0.29) is 23.5 Å². The van der Waals surface area contributed by atoms with Crippen LogP contribution in [0.5, 0.6) is 11.5 Å². The summed E-state index contributed by atoms with van der Waals surface area (Å²) >= 11 is 0. The fourth-order valence-corrected chi connectivity index (χ4v) is 1.80. The molecule has 0 spiro atoms. The molecule has 0 radical (unpaired) electrons. The number of nitrogens with one attached hydrogen (secondary N) is 1. The van der Waals surface area contributed by atoms with Crippen molar-refractivity contribution in [3.05, 3.63) is 65.4 Å². The molecule has 0 bridgehead atoms. The van der Waals surface area contributed by atoms with Crippen LogP contribution in [-0.2, 0) is 6.18 Å². The third-order valence-electron chi connectivity index (χ3n) is 3.02. The first-order valence-electron chi connectivity index (χ1n) is 6.85. The number of allylic oxidation sites excluding steroid dienone is 1. The van der Waals surface area contributed by atoms with Crippen LogP contribution in [0.3, 0.4) is 0 Å². The van der Waals surface area contributed by atoms with Crippen molar-refractivity contribution < 1.29 is 26.7 Å². The molecule has 132 valence electrons. The molecular formula is C17H8F5N3O. The van der Waals surface area contributed by atoms with Crippen molar-refractivity contribution >= 4 is 5.69 Å². The minimum Gasteiger partial charge on any atom is -0.451 e. The number of nitriles is 2. The molecule has 0 amide bonds. The van der Waals surface area contributed by atoms with Crippen molar-refractivity contribution in [1.29, 1.82) is 10.5 Å². The molecule has 0 fully saturated rings. The third kappa shape index (κ3) is 4.48. The number of benzene rings is 2. The maximum absolute atomic E-state index is 13.7. The number of anilines is 1. The molecule has 26 heavy (non-hydrogen) atoms. The van der Waals surface area contributed by atoms with E-state index in [1.54, 1.807) is 12.1 Å². The molecule has 0 aliphatic heterocycles. The van der Waals surface area contributed by atoms with Gasteiger partial charge in [-0.1, -0.05) is 0 Å². The van der Waals surface area contributed by atoms with Gasteiger partial charge in [0, 0.05) is 11.9 Å². The van der Waals surface area contributed by atoms with Gasteiger partial charge in [0.1, 0.15) is 23.5 Å². The lowest BCUT2D eigenvalue weighted by atomic mass is 10.2. The van der Waals surface area contributed by atoms with Gasteiger partial charge in [-0.3, -0.25) is 0 Å². The van der Waals surface area contributed by atoms with Crippen LogP contribution >= 0.6 is 0 Å². The molecule has 0 heterocycles. The van der Waals surface area contributed by atoms with Crippen molar-refractivity contribution in [2.24, 2.45) is 0 Å². The average Bonchev–Trinajstić information content (AvgIpc) is 2.59. The Morgan fingerprint density at radius 1 is 1.00 bits per heavy atom. The topological polar surface area (TPSA) is 68.8 Å². The first kappa shape index (κ1) is 18.7. The highest BCUT2D eigenvalue weighted by molar-refractivity contribution is 5.51. The van der Waals surface area contributed by atoms with E-state index in [1.807, 2.05) is 0 Å². The number of hydrogen-bond acceptors (Lipinski definition) is 4. The van der Waals surface area contributed by atoms with Crippen molar-refractivity contribution in [3.8, 4) is 23.6 Å². The van der Waals surface area contributed by atoms with E-state index in [4.69, 9.17) is 15.3 Å². The summed E-state index contributed by atoms with van der Waals surface area (Å²) < 4.78 is 70.0. The zero-order valence-corrected chi connectivity index (χ0v) is 12.7. The fraction of sp³-hybridized carbons (Fsp3) is 0.0588. The van der Waals surface area contributed by atoms with Gasteiger partial charge in [0.2, 0.25) is 0 Å². The maximum Gasteiger partial charge on any atom is 0.416 e. The smallest absolute Gasteiger partial charge is 0.416 e. The van der Waals surface area contributed by atoms with Gasteiger partial charge >= 0.3 is 6.18 Å². The summed E-state index contributed by atoms with van der Waals surface area (Å²) in [6.45, 7) is 0. The molecule has 0 saturated heterocycles. The highest BCUT2D eigenvalue weighted by Gasteiger charge is 2.33. The van der Waals surface area contributed by atoms with Crippen LogP contribution in [-0.4, -0.2) is 0 Å². The fourth-order valence-electron chi connectivity index (χ4n) is 1.80. The predicted molar refractivity (Wildman–Crippen MR) is 80.8 cm³/mol. The Labute approximate surface area is 144 Å². The Bertz CT molecular complexity index is 882. The van der Waals surface area contributed by atoms with Crippen LogP contribution in [0.4, 0.5) is 27.6 Å². The zero-order chi connectivity index (χ0) is 19.3. The van der Waals surface area contributed by atoms with E-state index in [0.717, 1.165) is 6.20 Å². The van der Waals surface area contributed by atoms with Gasteiger partial charge in [-0.2, -0.15) is 23.7 Å². The van der Waals surface area contributed by atoms with Gasteiger partial charge in [0.15, 0.2) is 17.4 Å². The summed E-state index contributed by atoms with van der Waals surface area (Å²) in [6.07, 6.45) is -3.72. The van der Waals surface area contributed by atoms with Crippen molar-refractivity contribution in [3.63, 3.8) is 0 Å². The predicted octanol–water partition coefficient (Wildman–Crippen LogP) is 5.12. The number of alkyl halides is 3. The van der Waals surface area contributed by atoms with Gasteiger partial charge in [0.05, 0.1) is 5.56 Å². The summed E-state index contributed by atoms with van der Waals surface area (Å²) in [6, 6.07) is 9.00. The van der Waals surface area contributed by atoms with Crippen molar-refractivity contribution in [2.75, 3.05) is 5.32 Å². The second kappa shape index (κ2) is 7.53. The highest BCUT2D eigenvalue weighted by Crippen LogP contribution is 2.35. The van der Waals surface area contributed by atoms with Gasteiger partial charge in [-0.05, 0) is 36.4 Å². The minimum atomic E-state index is -4.88. The number of rotatable bonds is 4. The van der Waals surface area contributed by atoms with E-state index in [2.05, 4.69) is 5.32 Å². The Morgan fingerprint density at radius 3 is 2.00 bits per heavy atom. The van der Waals surface area contributed by atoms with Gasteiger partial charge in [-0.15, -0.1) is 0 Å². The monoisotopic (exact) mass is 365 g/mol. The average molecular weight is 365 g/mol. The molecule has 0 aliphatic carbocycles. The van der Waals surface area contributed by atoms with Crippen molar-refractivity contribution in [1.82, 2.24) is 0 Å². The Kier molecular flexibility index (Phi) is 5.43. The Hall–Kier alpha value is -3.59. The second-order valence-corrected chi connectivity index (χ2v) is 4.82. The number of nitrogens with zero attached hydrogens (tertiary/aromatic N) is 2. The van der Waals surface area contributed by atoms with Crippen LogP contribution in [0.15, 0.2) is 48.2 Å². The molecule has 0 aromatic heterocycles. The first-order chi connectivity index (χ1) is 12.2. The molecule has 2 aromatic carbocycles. The van der Waals surface area contributed by atoms with Gasteiger partial charge in [0.25, 0.3) is 0 Å². The quantitative estimate of drug-likeness (QED) is 0.603. The second-order valence-electron chi connectivity index (χ2n) is 4.82. The molecule has 0 atom stereocenters. The molecule has 2 rings (SSSR count). The number of ether oxygens (including phenoxy) is 1. The number of hydrogen-bond donors (Lipinski definition) is 1.